The number of aryl methyl sites for hydroxylation is 1. The minimum Gasteiger partial charge on any atom is -0.467 e. The zero-order chi connectivity index (χ0) is 11.7. The number of fused-ring (bicyclic) bond motifs is 1. The molecule has 0 bridgehead atoms. The van der Waals surface area contributed by atoms with Gasteiger partial charge in [-0.2, -0.15) is 0 Å². The van der Waals surface area contributed by atoms with Gasteiger partial charge in [0, 0.05) is 0 Å². The van der Waals surface area contributed by atoms with Crippen LogP contribution in [0.3, 0.4) is 0 Å². The van der Waals surface area contributed by atoms with Crippen LogP contribution < -0.4 is 0 Å². The Morgan fingerprint density at radius 2 is 2.12 bits per heavy atom. The largest absolute Gasteiger partial charge is 0.467 e. The molecule has 0 saturated carbocycles. The van der Waals surface area contributed by atoms with E-state index in [1.165, 1.54) is 7.11 Å². The molecule has 0 aliphatic rings. The second-order valence-corrected chi connectivity index (χ2v) is 3.72. The highest BCUT2D eigenvalue weighted by Crippen LogP contribution is 2.21. The first kappa shape index (κ1) is 10.7. The number of methoxy groups -OCH3 is 1. The number of aromatic nitrogens is 2. The molecule has 2 aromatic rings. The van der Waals surface area contributed by atoms with E-state index in [1.54, 1.807) is 0 Å². The predicted molar refractivity (Wildman–Crippen MR) is 61.2 cm³/mol. The van der Waals surface area contributed by atoms with Crippen molar-refractivity contribution in [2.45, 2.75) is 19.9 Å². The number of para-hydroxylation sites is 2. The number of carbonyl (C=O) groups excluding carboxylic acids is 1. The van der Waals surface area contributed by atoms with Gasteiger partial charge in [-0.05, 0) is 26.0 Å². The number of rotatable bonds is 2. The molecule has 0 radical (unpaired) electrons. The second-order valence-electron chi connectivity index (χ2n) is 3.72. The normalized spacial score (nSPS) is 12.7. The van der Waals surface area contributed by atoms with Crippen molar-refractivity contribution in [3.8, 4) is 0 Å². The Bertz CT molecular complexity index is 531. The molecule has 1 aromatic heterocycles. The summed E-state index contributed by atoms with van der Waals surface area (Å²) in [6.45, 7) is 3.70. The van der Waals surface area contributed by atoms with E-state index < -0.39 is 0 Å². The number of nitrogens with zero attached hydrogens (tertiary/aromatic N) is 2. The van der Waals surface area contributed by atoms with Crippen LogP contribution in [-0.2, 0) is 9.53 Å². The van der Waals surface area contributed by atoms with Crippen LogP contribution in [0.4, 0.5) is 0 Å². The van der Waals surface area contributed by atoms with Crippen LogP contribution in [0.2, 0.25) is 0 Å². The van der Waals surface area contributed by atoms with Crippen LogP contribution in [0.1, 0.15) is 18.8 Å². The summed E-state index contributed by atoms with van der Waals surface area (Å²) in [6.07, 6.45) is 0. The van der Waals surface area contributed by atoms with Gasteiger partial charge in [-0.1, -0.05) is 12.1 Å². The lowest BCUT2D eigenvalue weighted by atomic mass is 10.3. The van der Waals surface area contributed by atoms with Gasteiger partial charge in [0.25, 0.3) is 0 Å². The van der Waals surface area contributed by atoms with Gasteiger partial charge in [-0.3, -0.25) is 0 Å². The van der Waals surface area contributed by atoms with Gasteiger partial charge in [-0.15, -0.1) is 0 Å². The van der Waals surface area contributed by atoms with Crippen molar-refractivity contribution < 1.29 is 9.53 Å². The third-order valence-electron chi connectivity index (χ3n) is 2.70. The van der Waals surface area contributed by atoms with Gasteiger partial charge < -0.3 is 9.30 Å². The Morgan fingerprint density at radius 3 is 2.81 bits per heavy atom. The molecular formula is C12H14N2O2. The first-order chi connectivity index (χ1) is 7.65. The molecule has 1 atom stereocenters. The van der Waals surface area contributed by atoms with E-state index in [-0.39, 0.29) is 12.0 Å². The molecular weight excluding hydrogens is 204 g/mol. The van der Waals surface area contributed by atoms with Crippen molar-refractivity contribution >= 4 is 17.0 Å². The number of hydrogen-bond donors (Lipinski definition) is 0. The van der Waals surface area contributed by atoms with E-state index in [0.717, 1.165) is 16.9 Å². The standard InChI is InChI=1S/C12H14N2O2/c1-8(12(15)16-3)14-9(2)13-10-6-4-5-7-11(10)14/h4-8H,1-3H3. The molecule has 0 spiro atoms. The molecule has 0 aliphatic carbocycles. The Kier molecular flexibility index (Phi) is 2.64. The average molecular weight is 218 g/mol. The molecule has 4 nitrogen and oxygen atoms in total. The average Bonchev–Trinajstić information content (AvgIpc) is 2.63. The Morgan fingerprint density at radius 1 is 1.44 bits per heavy atom. The van der Waals surface area contributed by atoms with E-state index in [0.29, 0.717) is 0 Å². The lowest BCUT2D eigenvalue weighted by molar-refractivity contribution is -0.143. The van der Waals surface area contributed by atoms with E-state index in [4.69, 9.17) is 4.74 Å². The first-order valence-corrected chi connectivity index (χ1v) is 5.16. The zero-order valence-corrected chi connectivity index (χ0v) is 9.60. The number of benzene rings is 1. The number of esters is 1. The van der Waals surface area contributed by atoms with Crippen LogP contribution in [0, 0.1) is 6.92 Å². The van der Waals surface area contributed by atoms with Gasteiger partial charge >= 0.3 is 5.97 Å². The molecule has 0 amide bonds. The molecule has 16 heavy (non-hydrogen) atoms. The minimum atomic E-state index is -0.350. The summed E-state index contributed by atoms with van der Waals surface area (Å²) >= 11 is 0. The third kappa shape index (κ3) is 1.56. The molecule has 0 saturated heterocycles. The van der Waals surface area contributed by atoms with Crippen molar-refractivity contribution in [1.29, 1.82) is 0 Å². The molecule has 4 heteroatoms. The highest BCUT2D eigenvalue weighted by atomic mass is 16.5. The van der Waals surface area contributed by atoms with Gasteiger partial charge in [0.1, 0.15) is 11.9 Å². The SMILES string of the molecule is COC(=O)C(C)n1c(C)nc2ccccc21. The molecule has 0 aliphatic heterocycles. The van der Waals surface area contributed by atoms with Crippen LogP contribution in [0.5, 0.6) is 0 Å². The molecule has 0 fully saturated rings. The summed E-state index contributed by atoms with van der Waals surface area (Å²) in [5.74, 6) is 0.561. The van der Waals surface area contributed by atoms with Crippen LogP contribution in [0.15, 0.2) is 24.3 Å². The highest BCUT2D eigenvalue weighted by molar-refractivity contribution is 5.80. The fourth-order valence-electron chi connectivity index (χ4n) is 1.93. The molecule has 1 unspecified atom stereocenters. The topological polar surface area (TPSA) is 44.1 Å². The predicted octanol–water partition coefficient (Wildman–Crippen LogP) is 2.08. The molecule has 84 valence electrons. The fourth-order valence-corrected chi connectivity index (χ4v) is 1.93. The van der Waals surface area contributed by atoms with E-state index in [2.05, 4.69) is 4.98 Å². The summed E-state index contributed by atoms with van der Waals surface area (Å²) in [6, 6.07) is 7.40. The van der Waals surface area contributed by atoms with Crippen LogP contribution in [-0.4, -0.2) is 22.6 Å². The molecule has 2 rings (SSSR count). The van der Waals surface area contributed by atoms with E-state index in [9.17, 15) is 4.79 Å². The monoisotopic (exact) mass is 218 g/mol. The number of hydrogen-bond acceptors (Lipinski definition) is 3. The maximum atomic E-state index is 11.5. The summed E-state index contributed by atoms with van der Waals surface area (Å²) in [5, 5.41) is 0. The van der Waals surface area contributed by atoms with Gasteiger partial charge in [0.05, 0.1) is 18.1 Å². The van der Waals surface area contributed by atoms with Crippen molar-refractivity contribution in [3.63, 3.8) is 0 Å². The lowest BCUT2D eigenvalue weighted by Crippen LogP contribution is -2.18. The first-order valence-electron chi connectivity index (χ1n) is 5.16. The molecule has 0 N–H and O–H groups in total. The smallest absolute Gasteiger partial charge is 0.328 e. The summed E-state index contributed by atoms with van der Waals surface area (Å²) in [7, 11) is 1.40. The van der Waals surface area contributed by atoms with Gasteiger partial charge in [-0.25, -0.2) is 9.78 Å². The Balaban J connectivity index is 2.59. The second kappa shape index (κ2) is 3.96. The number of imidazole rings is 1. The number of carbonyl (C=O) groups is 1. The zero-order valence-electron chi connectivity index (χ0n) is 9.60. The highest BCUT2D eigenvalue weighted by Gasteiger charge is 2.19. The Hall–Kier alpha value is -1.84. The summed E-state index contributed by atoms with van der Waals surface area (Å²) < 4.78 is 6.64. The van der Waals surface area contributed by atoms with Gasteiger partial charge in [0.15, 0.2) is 0 Å². The fraction of sp³-hybridized carbons (Fsp3) is 0.333. The van der Waals surface area contributed by atoms with Crippen LogP contribution >= 0.6 is 0 Å². The molecule has 1 heterocycles. The quantitative estimate of drug-likeness (QED) is 0.725. The van der Waals surface area contributed by atoms with E-state index in [1.807, 2.05) is 42.7 Å². The molecule has 1 aromatic carbocycles. The van der Waals surface area contributed by atoms with E-state index >= 15 is 0 Å². The number of ether oxygens (including phenoxy) is 1. The van der Waals surface area contributed by atoms with Crippen molar-refractivity contribution in [3.05, 3.63) is 30.1 Å². The maximum absolute atomic E-state index is 11.5. The van der Waals surface area contributed by atoms with Crippen molar-refractivity contribution in [2.75, 3.05) is 7.11 Å². The Labute approximate surface area is 93.9 Å². The van der Waals surface area contributed by atoms with Gasteiger partial charge in [0.2, 0.25) is 0 Å². The minimum absolute atomic E-state index is 0.258. The third-order valence-corrected chi connectivity index (χ3v) is 2.70. The summed E-state index contributed by atoms with van der Waals surface area (Å²) in [4.78, 5) is 15.9. The maximum Gasteiger partial charge on any atom is 0.328 e. The summed E-state index contributed by atoms with van der Waals surface area (Å²) in [5.41, 5.74) is 1.86. The van der Waals surface area contributed by atoms with Crippen molar-refractivity contribution in [1.82, 2.24) is 9.55 Å². The lowest BCUT2D eigenvalue weighted by Gasteiger charge is -2.13. The van der Waals surface area contributed by atoms with Crippen LogP contribution in [0.25, 0.3) is 11.0 Å². The van der Waals surface area contributed by atoms with Crippen molar-refractivity contribution in [2.24, 2.45) is 0 Å².